The molecule has 0 saturated heterocycles. The lowest BCUT2D eigenvalue weighted by molar-refractivity contribution is -0.131. The highest BCUT2D eigenvalue weighted by Crippen LogP contribution is 2.26. The molecule has 0 atom stereocenters. The van der Waals surface area contributed by atoms with Crippen molar-refractivity contribution in [2.45, 2.75) is 26.2 Å². The minimum absolute atomic E-state index is 0.678. The van der Waals surface area contributed by atoms with E-state index >= 15 is 0 Å². The number of benzene rings is 2. The fourth-order valence-corrected chi connectivity index (χ4v) is 2.37. The smallest absolute Gasteiger partial charge is 0.328 e. The van der Waals surface area contributed by atoms with Gasteiger partial charge in [-0.1, -0.05) is 62.2 Å². The van der Waals surface area contributed by atoms with E-state index < -0.39 is 5.97 Å². The van der Waals surface area contributed by atoms with Gasteiger partial charge in [-0.2, -0.15) is 0 Å². The number of hydrogen-bond donors (Lipinski definition) is 1. The van der Waals surface area contributed by atoms with E-state index in [1.165, 1.54) is 6.08 Å². The molecule has 0 heterocycles. The van der Waals surface area contributed by atoms with Gasteiger partial charge in [0.05, 0.1) is 6.61 Å². The van der Waals surface area contributed by atoms with Crippen LogP contribution in [0.4, 0.5) is 0 Å². The topological polar surface area (TPSA) is 46.5 Å². The summed E-state index contributed by atoms with van der Waals surface area (Å²) in [7, 11) is 0. The Hall–Kier alpha value is -2.55. The van der Waals surface area contributed by atoms with Crippen molar-refractivity contribution in [2.75, 3.05) is 6.61 Å². The summed E-state index contributed by atoms with van der Waals surface area (Å²) in [5.41, 5.74) is 2.39. The molecule has 0 spiro atoms. The summed E-state index contributed by atoms with van der Waals surface area (Å²) in [5.74, 6) is -0.191. The standard InChI is InChI=1S/C20H22O3/c1-2-3-7-13-23-18-12-8-11-17(14-18)19(15-20(21)22)16-9-5-4-6-10-16/h4-6,8-12,14-15H,2-3,7,13H2,1H3,(H,21,22)/b19-15+. The molecule has 0 saturated carbocycles. The molecule has 0 amide bonds. The van der Waals surface area contributed by atoms with Crippen LogP contribution in [0, 0.1) is 0 Å². The molecule has 2 rings (SSSR count). The molecule has 0 aromatic heterocycles. The summed E-state index contributed by atoms with van der Waals surface area (Å²) in [6.07, 6.45) is 4.57. The molecule has 0 aliphatic rings. The second-order valence-electron chi connectivity index (χ2n) is 5.35. The minimum Gasteiger partial charge on any atom is -0.494 e. The zero-order valence-electron chi connectivity index (χ0n) is 13.4. The number of ether oxygens (including phenoxy) is 1. The Kier molecular flexibility index (Phi) is 6.42. The van der Waals surface area contributed by atoms with Crippen LogP contribution in [0.5, 0.6) is 5.75 Å². The number of carboxylic acid groups (broad SMARTS) is 1. The quantitative estimate of drug-likeness (QED) is 0.564. The molecule has 3 heteroatoms. The Balaban J connectivity index is 2.24. The van der Waals surface area contributed by atoms with Gasteiger partial charge >= 0.3 is 5.97 Å². The van der Waals surface area contributed by atoms with Gasteiger partial charge in [0.1, 0.15) is 5.75 Å². The van der Waals surface area contributed by atoms with E-state index in [1.807, 2.05) is 54.6 Å². The molecule has 0 bridgehead atoms. The number of rotatable bonds is 8. The molecule has 0 unspecified atom stereocenters. The number of hydrogen-bond acceptors (Lipinski definition) is 2. The zero-order valence-corrected chi connectivity index (χ0v) is 13.4. The van der Waals surface area contributed by atoms with Crippen molar-refractivity contribution < 1.29 is 14.6 Å². The van der Waals surface area contributed by atoms with Crippen molar-refractivity contribution in [1.29, 1.82) is 0 Å². The second-order valence-corrected chi connectivity index (χ2v) is 5.35. The number of unbranched alkanes of at least 4 members (excludes halogenated alkanes) is 2. The molecule has 23 heavy (non-hydrogen) atoms. The van der Waals surface area contributed by atoms with Crippen LogP contribution in [0.15, 0.2) is 60.7 Å². The Bertz CT molecular complexity index is 660. The number of carbonyl (C=O) groups is 1. The average molecular weight is 310 g/mol. The van der Waals surface area contributed by atoms with Gasteiger partial charge < -0.3 is 9.84 Å². The van der Waals surface area contributed by atoms with Crippen LogP contribution in [0.25, 0.3) is 5.57 Å². The summed E-state index contributed by atoms with van der Waals surface area (Å²) in [6, 6.07) is 17.1. The first-order valence-corrected chi connectivity index (χ1v) is 7.94. The van der Waals surface area contributed by atoms with E-state index in [2.05, 4.69) is 6.92 Å². The van der Waals surface area contributed by atoms with Crippen LogP contribution in [0.2, 0.25) is 0 Å². The van der Waals surface area contributed by atoms with E-state index in [1.54, 1.807) is 0 Å². The summed E-state index contributed by atoms with van der Waals surface area (Å²) in [6.45, 7) is 2.84. The average Bonchev–Trinajstić information content (AvgIpc) is 2.57. The summed E-state index contributed by atoms with van der Waals surface area (Å²) >= 11 is 0. The third-order valence-corrected chi connectivity index (χ3v) is 3.51. The van der Waals surface area contributed by atoms with E-state index in [9.17, 15) is 4.79 Å². The molecule has 0 aliphatic heterocycles. The molecule has 2 aromatic rings. The maximum atomic E-state index is 11.2. The first-order valence-electron chi connectivity index (χ1n) is 7.94. The maximum absolute atomic E-state index is 11.2. The van der Waals surface area contributed by atoms with Gasteiger partial charge in [0, 0.05) is 6.08 Å². The molecule has 1 N–H and O–H groups in total. The lowest BCUT2D eigenvalue weighted by Gasteiger charge is -2.11. The van der Waals surface area contributed by atoms with Gasteiger partial charge in [-0.3, -0.25) is 0 Å². The van der Waals surface area contributed by atoms with Gasteiger partial charge in [0.15, 0.2) is 0 Å². The van der Waals surface area contributed by atoms with Crippen LogP contribution in [-0.2, 0) is 4.79 Å². The predicted molar refractivity (Wildman–Crippen MR) is 92.6 cm³/mol. The summed E-state index contributed by atoms with van der Waals surface area (Å²) in [4.78, 5) is 11.2. The van der Waals surface area contributed by atoms with Gasteiger partial charge in [-0.25, -0.2) is 4.79 Å². The van der Waals surface area contributed by atoms with Crippen LogP contribution < -0.4 is 4.74 Å². The van der Waals surface area contributed by atoms with Crippen LogP contribution in [-0.4, -0.2) is 17.7 Å². The highest BCUT2D eigenvalue weighted by Gasteiger charge is 2.08. The van der Waals surface area contributed by atoms with E-state index in [0.29, 0.717) is 12.2 Å². The normalized spacial score (nSPS) is 11.3. The Morgan fingerprint density at radius 2 is 1.78 bits per heavy atom. The third-order valence-electron chi connectivity index (χ3n) is 3.51. The molecule has 0 aliphatic carbocycles. The zero-order chi connectivity index (χ0) is 16.5. The van der Waals surface area contributed by atoms with Crippen molar-refractivity contribution in [3.8, 4) is 5.75 Å². The number of aliphatic carboxylic acids is 1. The van der Waals surface area contributed by atoms with E-state index in [4.69, 9.17) is 9.84 Å². The maximum Gasteiger partial charge on any atom is 0.328 e. The Labute approximate surface area is 137 Å². The molecule has 120 valence electrons. The third kappa shape index (κ3) is 5.29. The van der Waals surface area contributed by atoms with E-state index in [0.717, 1.165) is 36.1 Å². The van der Waals surface area contributed by atoms with Gasteiger partial charge in [0.2, 0.25) is 0 Å². The first kappa shape index (κ1) is 16.8. The fourth-order valence-electron chi connectivity index (χ4n) is 2.37. The predicted octanol–water partition coefficient (Wildman–Crippen LogP) is 4.77. The van der Waals surface area contributed by atoms with Crippen molar-refractivity contribution in [2.24, 2.45) is 0 Å². The summed E-state index contributed by atoms with van der Waals surface area (Å²) in [5, 5.41) is 9.17. The van der Waals surface area contributed by atoms with Crippen LogP contribution in [0.3, 0.4) is 0 Å². The minimum atomic E-state index is -0.960. The van der Waals surface area contributed by atoms with Gasteiger partial charge in [-0.05, 0) is 35.3 Å². The lowest BCUT2D eigenvalue weighted by Crippen LogP contribution is -1.99. The molecular weight excluding hydrogens is 288 g/mol. The van der Waals surface area contributed by atoms with Crippen molar-refractivity contribution in [3.63, 3.8) is 0 Å². The SMILES string of the molecule is CCCCCOc1cccc(/C(=C/C(=O)O)c2ccccc2)c1. The molecule has 0 radical (unpaired) electrons. The molecule has 2 aromatic carbocycles. The highest BCUT2D eigenvalue weighted by atomic mass is 16.5. The number of carboxylic acids is 1. The second kappa shape index (κ2) is 8.79. The van der Waals surface area contributed by atoms with Gasteiger partial charge in [0.25, 0.3) is 0 Å². The van der Waals surface area contributed by atoms with E-state index in [-0.39, 0.29) is 0 Å². The Morgan fingerprint density at radius 1 is 1.04 bits per heavy atom. The first-order chi connectivity index (χ1) is 11.2. The molecular formula is C20H22O3. The fraction of sp³-hybridized carbons (Fsp3) is 0.250. The molecule has 3 nitrogen and oxygen atoms in total. The van der Waals surface area contributed by atoms with Crippen molar-refractivity contribution in [3.05, 3.63) is 71.8 Å². The van der Waals surface area contributed by atoms with Crippen LogP contribution >= 0.6 is 0 Å². The highest BCUT2D eigenvalue weighted by molar-refractivity contribution is 5.95. The molecule has 0 fully saturated rings. The lowest BCUT2D eigenvalue weighted by atomic mass is 9.97. The van der Waals surface area contributed by atoms with Crippen molar-refractivity contribution >= 4 is 11.5 Å². The Morgan fingerprint density at radius 3 is 2.48 bits per heavy atom. The summed E-state index contributed by atoms with van der Waals surface area (Å²) < 4.78 is 5.77. The largest absolute Gasteiger partial charge is 0.494 e. The monoisotopic (exact) mass is 310 g/mol. The van der Waals surface area contributed by atoms with Crippen molar-refractivity contribution in [1.82, 2.24) is 0 Å². The van der Waals surface area contributed by atoms with Gasteiger partial charge in [-0.15, -0.1) is 0 Å². The van der Waals surface area contributed by atoms with Crippen LogP contribution in [0.1, 0.15) is 37.3 Å².